The predicted molar refractivity (Wildman–Crippen MR) is 103 cm³/mol. The Morgan fingerprint density at radius 1 is 1.06 bits per heavy atom. The fourth-order valence-electron chi connectivity index (χ4n) is 2.66. The van der Waals surface area contributed by atoms with Crippen LogP contribution >= 0.6 is 11.6 Å². The minimum absolute atomic E-state index is 0.0271. The molecule has 0 fully saturated rings. The van der Waals surface area contributed by atoms with Gasteiger partial charge in [0, 0.05) is 5.56 Å². The largest absolute Gasteiger partial charge is 0.465 e. The summed E-state index contributed by atoms with van der Waals surface area (Å²) in [4.78, 5) is 11.7. The van der Waals surface area contributed by atoms with Gasteiger partial charge in [-0.15, -0.1) is 0 Å². The molecule has 1 N–H and O–H groups in total. The Kier molecular flexibility index (Phi) is 6.68. The van der Waals surface area contributed by atoms with Crippen molar-refractivity contribution in [2.45, 2.75) is 6.18 Å². The smallest absolute Gasteiger partial charge is 0.422 e. The molecule has 5 nitrogen and oxygen atoms in total. The van der Waals surface area contributed by atoms with Crippen LogP contribution < -0.4 is 5.43 Å². The molecule has 0 atom stereocenters. The second-order valence-corrected chi connectivity index (χ2v) is 6.67. The second-order valence-electron chi connectivity index (χ2n) is 6.26. The molecule has 3 aromatic rings. The summed E-state index contributed by atoms with van der Waals surface area (Å²) in [6, 6.07) is 7.09. The van der Waals surface area contributed by atoms with Crippen molar-refractivity contribution in [1.29, 1.82) is 0 Å². The molecule has 0 saturated heterocycles. The lowest BCUT2D eigenvalue weighted by molar-refractivity contribution is -0.143. The maximum absolute atomic E-state index is 13.9. The third kappa shape index (κ3) is 4.80. The molecule has 0 spiro atoms. The number of nitrogens with zero attached hydrogens (tertiary/aromatic N) is 1. The van der Waals surface area contributed by atoms with E-state index in [4.69, 9.17) is 16.0 Å². The second kappa shape index (κ2) is 9.14. The molecule has 0 aliphatic rings. The molecule has 0 saturated carbocycles. The van der Waals surface area contributed by atoms with E-state index in [1.807, 2.05) is 0 Å². The third-order valence-corrected chi connectivity index (χ3v) is 4.53. The maximum atomic E-state index is 13.9. The highest BCUT2D eigenvalue weighted by atomic mass is 35.5. The first-order chi connectivity index (χ1) is 15.5. The van der Waals surface area contributed by atoms with Gasteiger partial charge in [-0.25, -0.2) is 22.4 Å². The van der Waals surface area contributed by atoms with E-state index in [-0.39, 0.29) is 22.1 Å². The number of carbonyl (C=O) groups is 1. The molecule has 0 aliphatic carbocycles. The van der Waals surface area contributed by atoms with Crippen molar-refractivity contribution in [2.24, 2.45) is 5.10 Å². The van der Waals surface area contributed by atoms with Gasteiger partial charge >= 0.3 is 12.1 Å². The van der Waals surface area contributed by atoms with Gasteiger partial charge in [-0.05, 0) is 30.3 Å². The summed E-state index contributed by atoms with van der Waals surface area (Å²) < 4.78 is 103. The lowest BCUT2D eigenvalue weighted by atomic mass is 10.1. The van der Waals surface area contributed by atoms with Crippen LogP contribution in [0.1, 0.15) is 21.7 Å². The highest BCUT2D eigenvalue weighted by Gasteiger charge is 2.42. The van der Waals surface area contributed by atoms with Crippen molar-refractivity contribution in [3.8, 4) is 11.3 Å². The number of ether oxygens (including phenoxy) is 1. The van der Waals surface area contributed by atoms with Crippen LogP contribution in [-0.4, -0.2) is 19.3 Å². The van der Waals surface area contributed by atoms with Gasteiger partial charge in [0.05, 0.1) is 23.9 Å². The lowest BCUT2D eigenvalue weighted by Gasteiger charge is -2.13. The van der Waals surface area contributed by atoms with Crippen molar-refractivity contribution in [3.05, 3.63) is 75.5 Å². The monoisotopic (exact) mass is 494 g/mol. The number of hydrogen-bond donors (Lipinski definition) is 1. The number of carbonyl (C=O) groups excluding carboxylic acids is 1. The summed E-state index contributed by atoms with van der Waals surface area (Å²) in [6.45, 7) is 0. The Morgan fingerprint density at radius 2 is 1.70 bits per heavy atom. The van der Waals surface area contributed by atoms with Crippen LogP contribution in [0.15, 0.2) is 39.9 Å². The SMILES string of the molecule is COC(=O)c1cc(-c2ccc(/C=N\Nc3c(F)c(F)c(C(F)(F)F)c(F)c3F)o2)ccc1Cl. The molecule has 0 aliphatic heterocycles. The normalized spacial score (nSPS) is 11.8. The van der Waals surface area contributed by atoms with Gasteiger partial charge < -0.3 is 9.15 Å². The highest BCUT2D eigenvalue weighted by Crippen LogP contribution is 2.38. The standard InChI is InChI=1S/C20H10ClF7N2O3/c1-32-19(31)10-6-8(2-4-11(10)21)12-5-3-9(33-12)7-29-30-18-16(24)14(22)13(20(26,27)28)15(23)17(18)25/h2-7,30H,1H3/b29-7-. The zero-order valence-electron chi connectivity index (χ0n) is 16.2. The third-order valence-electron chi connectivity index (χ3n) is 4.20. The maximum Gasteiger partial charge on any atom is 0.422 e. The molecular weight excluding hydrogens is 485 g/mol. The number of methoxy groups -OCH3 is 1. The average molecular weight is 495 g/mol. The van der Waals surface area contributed by atoms with E-state index in [1.165, 1.54) is 37.4 Å². The first kappa shape index (κ1) is 24.1. The fraction of sp³-hybridized carbons (Fsp3) is 0.100. The molecule has 13 heteroatoms. The van der Waals surface area contributed by atoms with Crippen molar-refractivity contribution in [3.63, 3.8) is 0 Å². The van der Waals surface area contributed by atoms with E-state index in [0.29, 0.717) is 5.56 Å². The average Bonchev–Trinajstić information content (AvgIpc) is 3.22. The van der Waals surface area contributed by atoms with Crippen LogP contribution in [-0.2, 0) is 10.9 Å². The number of hydrazone groups is 1. The highest BCUT2D eigenvalue weighted by molar-refractivity contribution is 6.33. The molecule has 1 heterocycles. The number of esters is 1. The molecular formula is C20H10ClF7N2O3. The van der Waals surface area contributed by atoms with Gasteiger partial charge in [0.2, 0.25) is 0 Å². The fourth-order valence-corrected chi connectivity index (χ4v) is 2.86. The van der Waals surface area contributed by atoms with Gasteiger partial charge in [0.25, 0.3) is 0 Å². The van der Waals surface area contributed by atoms with Gasteiger partial charge in [-0.2, -0.15) is 18.3 Å². The Morgan fingerprint density at radius 3 is 2.27 bits per heavy atom. The number of nitrogens with one attached hydrogen (secondary N) is 1. The van der Waals surface area contributed by atoms with Crippen LogP contribution in [0, 0.1) is 23.3 Å². The summed E-state index contributed by atoms with van der Waals surface area (Å²) in [5.74, 6) is -10.4. The first-order valence-electron chi connectivity index (χ1n) is 8.66. The molecule has 3 rings (SSSR count). The topological polar surface area (TPSA) is 63.8 Å². The number of hydrogen-bond acceptors (Lipinski definition) is 5. The molecule has 0 unspecified atom stereocenters. The lowest BCUT2D eigenvalue weighted by Crippen LogP contribution is -2.16. The summed E-state index contributed by atoms with van der Waals surface area (Å²) in [7, 11) is 1.17. The molecule has 0 amide bonds. The van der Waals surface area contributed by atoms with E-state index in [2.05, 4.69) is 9.84 Å². The van der Waals surface area contributed by atoms with E-state index in [0.717, 1.165) is 6.21 Å². The quantitative estimate of drug-likeness (QED) is 0.146. The van der Waals surface area contributed by atoms with Gasteiger partial charge in [-0.1, -0.05) is 11.6 Å². The Bertz CT molecular complexity index is 1230. The molecule has 1 aromatic heterocycles. The Balaban J connectivity index is 1.85. The molecule has 2 aromatic carbocycles. The van der Waals surface area contributed by atoms with Crippen molar-refractivity contribution in [2.75, 3.05) is 12.5 Å². The zero-order chi connectivity index (χ0) is 24.5. The van der Waals surface area contributed by atoms with E-state index in [9.17, 15) is 35.5 Å². The number of alkyl halides is 3. The van der Waals surface area contributed by atoms with Crippen LogP contribution in [0.2, 0.25) is 5.02 Å². The van der Waals surface area contributed by atoms with Gasteiger partial charge in [0.1, 0.15) is 22.8 Å². The predicted octanol–water partition coefficient (Wildman–Crippen LogP) is 6.41. The van der Waals surface area contributed by atoms with E-state index in [1.54, 1.807) is 5.43 Å². The minimum atomic E-state index is -5.66. The van der Waals surface area contributed by atoms with Crippen LogP contribution in [0.5, 0.6) is 0 Å². The molecule has 174 valence electrons. The number of rotatable bonds is 5. The molecule has 0 bridgehead atoms. The van der Waals surface area contributed by atoms with Crippen LogP contribution in [0.4, 0.5) is 36.4 Å². The minimum Gasteiger partial charge on any atom is -0.465 e. The van der Waals surface area contributed by atoms with Crippen LogP contribution in [0.3, 0.4) is 0 Å². The number of halogens is 8. The van der Waals surface area contributed by atoms with Crippen LogP contribution in [0.25, 0.3) is 11.3 Å². The number of anilines is 1. The first-order valence-corrected chi connectivity index (χ1v) is 9.03. The van der Waals surface area contributed by atoms with Gasteiger partial charge in [-0.3, -0.25) is 5.43 Å². The summed E-state index contributed by atoms with van der Waals surface area (Å²) in [5, 5.41) is 3.46. The number of benzene rings is 2. The van der Waals surface area contributed by atoms with Crippen molar-refractivity contribution < 1.29 is 44.7 Å². The summed E-state index contributed by atoms with van der Waals surface area (Å²) in [6.07, 6.45) is -4.81. The Hall–Kier alpha value is -3.54. The van der Waals surface area contributed by atoms with E-state index >= 15 is 0 Å². The van der Waals surface area contributed by atoms with Crippen molar-refractivity contribution >= 4 is 29.5 Å². The molecule has 33 heavy (non-hydrogen) atoms. The van der Waals surface area contributed by atoms with Crippen molar-refractivity contribution in [1.82, 2.24) is 0 Å². The van der Waals surface area contributed by atoms with E-state index < -0.39 is 46.7 Å². The van der Waals surface area contributed by atoms with Gasteiger partial charge in [0.15, 0.2) is 23.3 Å². The zero-order valence-corrected chi connectivity index (χ0v) is 16.9. The molecule has 0 radical (unpaired) electrons. The number of furan rings is 1. The summed E-state index contributed by atoms with van der Waals surface area (Å²) in [5.41, 5.74) is -2.20. The Labute approximate surface area is 185 Å². The summed E-state index contributed by atoms with van der Waals surface area (Å²) >= 11 is 5.93.